The molecule has 1 aromatic heterocycles. The number of likely N-dealkylation sites (N-methyl/N-ethyl adjacent to an activating group) is 1. The average Bonchev–Trinajstić information content (AvgIpc) is 2.95. The Morgan fingerprint density at radius 1 is 1.18 bits per heavy atom. The van der Waals surface area contributed by atoms with Gasteiger partial charge >= 0.3 is 0 Å². The molecule has 1 aliphatic heterocycles. The predicted octanol–water partition coefficient (Wildman–Crippen LogP) is 3.24. The standard InChI is InChI=1S/C29H36N4O6S/c1-20-16-33(21(2)19-34)29(35)25-6-5-7-26(31-40(36,37)24-10-8-23(38-4)9-11-24)28(25)39-27(20)18-32(3)17-22-12-14-30-15-13-22/h5-15,20-21,27,31,34H,16-19H2,1-4H3/t20-,21-,27-/m1/s1. The number of aromatic nitrogens is 1. The van der Waals surface area contributed by atoms with Gasteiger partial charge in [0.2, 0.25) is 0 Å². The number of nitrogens with one attached hydrogen (secondary N) is 1. The Morgan fingerprint density at radius 2 is 1.88 bits per heavy atom. The highest BCUT2D eigenvalue weighted by Gasteiger charge is 2.35. The number of ether oxygens (including phenoxy) is 2. The number of nitrogens with zero attached hydrogens (tertiary/aromatic N) is 3. The molecule has 0 bridgehead atoms. The molecule has 0 saturated carbocycles. The molecule has 1 aliphatic rings. The third-order valence-electron chi connectivity index (χ3n) is 7.00. The zero-order valence-electron chi connectivity index (χ0n) is 23.1. The first-order valence-electron chi connectivity index (χ1n) is 13.1. The third kappa shape index (κ3) is 6.72. The third-order valence-corrected chi connectivity index (χ3v) is 8.38. The summed E-state index contributed by atoms with van der Waals surface area (Å²) in [5, 5.41) is 9.91. The fraction of sp³-hybridized carbons (Fsp3) is 0.379. The van der Waals surface area contributed by atoms with Crippen LogP contribution in [0.25, 0.3) is 0 Å². The van der Waals surface area contributed by atoms with E-state index in [4.69, 9.17) is 9.47 Å². The number of benzene rings is 2. The van der Waals surface area contributed by atoms with Crippen molar-refractivity contribution in [3.63, 3.8) is 0 Å². The Bertz CT molecular complexity index is 1400. The SMILES string of the molecule is COc1ccc(S(=O)(=O)Nc2cccc3c2O[C@H](CN(C)Cc2ccncc2)[C@H](C)CN([C@H](C)CO)C3=O)cc1. The number of aliphatic hydroxyl groups excluding tert-OH is 1. The van der Waals surface area contributed by atoms with E-state index in [-0.39, 0.29) is 40.3 Å². The lowest BCUT2D eigenvalue weighted by molar-refractivity contribution is 0.0344. The van der Waals surface area contributed by atoms with Gasteiger partial charge in [-0.15, -0.1) is 0 Å². The summed E-state index contributed by atoms with van der Waals surface area (Å²) in [5.74, 6) is 0.229. The van der Waals surface area contributed by atoms with Crippen molar-refractivity contribution >= 4 is 21.6 Å². The molecule has 3 aromatic rings. The van der Waals surface area contributed by atoms with Crippen LogP contribution in [0.15, 0.2) is 71.9 Å². The molecular formula is C29H36N4O6S. The normalized spacial score (nSPS) is 18.4. The molecule has 40 heavy (non-hydrogen) atoms. The molecule has 2 aromatic carbocycles. The van der Waals surface area contributed by atoms with Crippen LogP contribution in [0.3, 0.4) is 0 Å². The summed E-state index contributed by atoms with van der Waals surface area (Å²) in [7, 11) is -0.522. The van der Waals surface area contributed by atoms with E-state index >= 15 is 0 Å². The van der Waals surface area contributed by atoms with Crippen LogP contribution in [0.1, 0.15) is 29.8 Å². The summed E-state index contributed by atoms with van der Waals surface area (Å²) >= 11 is 0. The number of anilines is 1. The highest BCUT2D eigenvalue weighted by Crippen LogP contribution is 2.36. The van der Waals surface area contributed by atoms with Gasteiger partial charge in [-0.1, -0.05) is 13.0 Å². The minimum atomic E-state index is -4.01. The van der Waals surface area contributed by atoms with Crippen molar-refractivity contribution in [1.82, 2.24) is 14.8 Å². The smallest absolute Gasteiger partial charge is 0.262 e. The molecule has 3 atom stereocenters. The zero-order chi connectivity index (χ0) is 28.9. The summed E-state index contributed by atoms with van der Waals surface area (Å²) in [5.41, 5.74) is 1.48. The molecule has 0 saturated heterocycles. The van der Waals surface area contributed by atoms with Gasteiger partial charge in [-0.2, -0.15) is 0 Å². The van der Waals surface area contributed by atoms with Crippen LogP contribution < -0.4 is 14.2 Å². The molecule has 4 rings (SSSR count). The minimum absolute atomic E-state index is 0.0422. The molecule has 0 spiro atoms. The zero-order valence-corrected chi connectivity index (χ0v) is 24.0. The largest absolute Gasteiger partial charge is 0.497 e. The molecule has 214 valence electrons. The summed E-state index contributed by atoms with van der Waals surface area (Å²) in [6.07, 6.45) is 3.10. The van der Waals surface area contributed by atoms with Crippen molar-refractivity contribution in [3.8, 4) is 11.5 Å². The van der Waals surface area contributed by atoms with Gasteiger partial charge in [-0.25, -0.2) is 8.42 Å². The molecule has 11 heteroatoms. The van der Waals surface area contributed by atoms with E-state index in [9.17, 15) is 18.3 Å². The van der Waals surface area contributed by atoms with Crippen molar-refractivity contribution in [1.29, 1.82) is 0 Å². The van der Waals surface area contributed by atoms with Crippen LogP contribution in [0.5, 0.6) is 11.5 Å². The number of carbonyl (C=O) groups excluding carboxylic acids is 1. The molecule has 0 radical (unpaired) electrons. The molecule has 10 nitrogen and oxygen atoms in total. The van der Waals surface area contributed by atoms with E-state index in [0.29, 0.717) is 25.4 Å². The Morgan fingerprint density at radius 3 is 2.52 bits per heavy atom. The second-order valence-electron chi connectivity index (χ2n) is 10.1. The number of rotatable bonds is 10. The van der Waals surface area contributed by atoms with Crippen LogP contribution in [0, 0.1) is 5.92 Å². The number of aliphatic hydroxyl groups is 1. The van der Waals surface area contributed by atoms with Crippen LogP contribution in [-0.4, -0.2) is 80.2 Å². The van der Waals surface area contributed by atoms with Crippen LogP contribution in [0.4, 0.5) is 5.69 Å². The van der Waals surface area contributed by atoms with E-state index in [2.05, 4.69) is 14.6 Å². The fourth-order valence-corrected chi connectivity index (χ4v) is 5.73. The van der Waals surface area contributed by atoms with Gasteiger partial charge in [-0.05, 0) is 68.1 Å². The van der Waals surface area contributed by atoms with Crippen molar-refractivity contribution in [2.24, 2.45) is 5.92 Å². The lowest BCUT2D eigenvalue weighted by atomic mass is 9.99. The number of hydrogen-bond acceptors (Lipinski definition) is 8. The van der Waals surface area contributed by atoms with E-state index in [1.165, 1.54) is 19.2 Å². The maximum absolute atomic E-state index is 13.7. The van der Waals surface area contributed by atoms with Gasteiger partial charge in [-0.3, -0.25) is 19.4 Å². The van der Waals surface area contributed by atoms with E-state index in [1.54, 1.807) is 54.5 Å². The van der Waals surface area contributed by atoms with Gasteiger partial charge in [0.1, 0.15) is 11.9 Å². The molecular weight excluding hydrogens is 532 g/mol. The number of sulfonamides is 1. The molecule has 2 heterocycles. The number of carbonyl (C=O) groups is 1. The highest BCUT2D eigenvalue weighted by atomic mass is 32.2. The molecule has 1 amide bonds. The second-order valence-corrected chi connectivity index (χ2v) is 11.8. The Kier molecular flexibility index (Phi) is 9.28. The molecule has 0 unspecified atom stereocenters. The number of para-hydroxylation sites is 1. The lowest BCUT2D eigenvalue weighted by Gasteiger charge is -2.38. The van der Waals surface area contributed by atoms with Crippen LogP contribution >= 0.6 is 0 Å². The van der Waals surface area contributed by atoms with Gasteiger partial charge in [0, 0.05) is 37.9 Å². The number of pyridine rings is 1. The van der Waals surface area contributed by atoms with Crippen LogP contribution in [-0.2, 0) is 16.6 Å². The summed E-state index contributed by atoms with van der Waals surface area (Å²) in [4.78, 5) is 21.6. The van der Waals surface area contributed by atoms with E-state index in [0.717, 1.165) is 5.56 Å². The van der Waals surface area contributed by atoms with Gasteiger partial charge in [0.15, 0.2) is 5.75 Å². The quantitative estimate of drug-likeness (QED) is 0.382. The van der Waals surface area contributed by atoms with Crippen LogP contribution in [0.2, 0.25) is 0 Å². The highest BCUT2D eigenvalue weighted by molar-refractivity contribution is 7.92. The molecule has 2 N–H and O–H groups in total. The number of amides is 1. The Balaban J connectivity index is 1.70. The molecule has 0 fully saturated rings. The van der Waals surface area contributed by atoms with Gasteiger partial charge in [0.25, 0.3) is 15.9 Å². The average molecular weight is 569 g/mol. The maximum atomic E-state index is 13.7. The van der Waals surface area contributed by atoms with Crippen molar-refractivity contribution < 1.29 is 27.8 Å². The van der Waals surface area contributed by atoms with E-state index < -0.39 is 22.2 Å². The van der Waals surface area contributed by atoms with Gasteiger partial charge < -0.3 is 19.5 Å². The summed E-state index contributed by atoms with van der Waals surface area (Å²) in [6.45, 7) is 5.11. The van der Waals surface area contributed by atoms with Crippen molar-refractivity contribution in [2.45, 2.75) is 37.4 Å². The van der Waals surface area contributed by atoms with Crippen molar-refractivity contribution in [2.75, 3.05) is 38.6 Å². The first-order chi connectivity index (χ1) is 19.1. The minimum Gasteiger partial charge on any atom is -0.497 e. The maximum Gasteiger partial charge on any atom is 0.262 e. The topological polar surface area (TPSA) is 121 Å². The van der Waals surface area contributed by atoms with Crippen molar-refractivity contribution in [3.05, 3.63) is 78.1 Å². The Labute approximate surface area is 235 Å². The Hall–Kier alpha value is -3.67. The monoisotopic (exact) mass is 568 g/mol. The first kappa shape index (κ1) is 29.3. The number of hydrogen-bond donors (Lipinski definition) is 2. The first-order valence-corrected chi connectivity index (χ1v) is 14.6. The predicted molar refractivity (Wildman–Crippen MR) is 152 cm³/mol. The molecule has 0 aliphatic carbocycles. The summed E-state index contributed by atoms with van der Waals surface area (Å²) < 4.78 is 40.9. The summed E-state index contributed by atoms with van der Waals surface area (Å²) in [6, 6.07) is 14.3. The number of methoxy groups -OCH3 is 1. The number of fused-ring (bicyclic) bond motifs is 1. The fourth-order valence-electron chi connectivity index (χ4n) is 4.67. The lowest BCUT2D eigenvalue weighted by Crippen LogP contribution is -2.49. The van der Waals surface area contributed by atoms with Gasteiger partial charge in [0.05, 0.1) is 35.9 Å². The second kappa shape index (κ2) is 12.7. The van der Waals surface area contributed by atoms with E-state index in [1.807, 2.05) is 26.1 Å².